The molecule has 86 valence electrons. The molecule has 2 aromatic rings. The van der Waals surface area contributed by atoms with Gasteiger partial charge in [-0.25, -0.2) is 9.97 Å². The number of fused-ring (bicyclic) bond motifs is 1. The molecule has 0 radical (unpaired) electrons. The third kappa shape index (κ3) is 2.03. The quantitative estimate of drug-likeness (QED) is 0.887. The van der Waals surface area contributed by atoms with Gasteiger partial charge in [0, 0.05) is 25.7 Å². The first kappa shape index (κ1) is 11.4. The number of nitrogens with two attached hydrogens (primary N) is 1. The minimum Gasteiger partial charge on any atom is -0.329 e. The van der Waals surface area contributed by atoms with Crippen molar-refractivity contribution in [2.45, 2.75) is 26.3 Å². The van der Waals surface area contributed by atoms with Crippen LogP contribution in [0.3, 0.4) is 0 Å². The van der Waals surface area contributed by atoms with Gasteiger partial charge in [-0.05, 0) is 12.5 Å². The molecule has 2 aromatic heterocycles. The molecule has 4 nitrogen and oxygen atoms in total. The summed E-state index contributed by atoms with van der Waals surface area (Å²) in [6, 6.07) is 1.84. The number of rotatable bonds is 4. The predicted octanol–water partition coefficient (Wildman–Crippen LogP) is 2.00. The van der Waals surface area contributed by atoms with Gasteiger partial charge < -0.3 is 10.3 Å². The molecule has 0 saturated heterocycles. The van der Waals surface area contributed by atoms with Crippen LogP contribution in [0.15, 0.2) is 12.3 Å². The highest BCUT2D eigenvalue weighted by Gasteiger charge is 2.10. The number of hydrogen-bond acceptors (Lipinski definition) is 3. The lowest BCUT2D eigenvalue weighted by molar-refractivity contribution is 0.663. The van der Waals surface area contributed by atoms with Gasteiger partial charge in [-0.15, -0.1) is 0 Å². The van der Waals surface area contributed by atoms with Gasteiger partial charge in [0.15, 0.2) is 5.65 Å². The van der Waals surface area contributed by atoms with Crippen LogP contribution in [0.2, 0.25) is 5.02 Å². The Balaban J connectivity index is 2.56. The zero-order valence-corrected chi connectivity index (χ0v) is 10.0. The zero-order chi connectivity index (χ0) is 11.5. The normalized spacial score (nSPS) is 11.2. The maximum atomic E-state index is 5.90. The van der Waals surface area contributed by atoms with Crippen molar-refractivity contribution in [3.63, 3.8) is 0 Å². The summed E-state index contributed by atoms with van der Waals surface area (Å²) in [7, 11) is 0. The predicted molar refractivity (Wildman–Crippen MR) is 65.6 cm³/mol. The molecule has 0 saturated carbocycles. The van der Waals surface area contributed by atoms with Crippen LogP contribution < -0.4 is 5.73 Å². The van der Waals surface area contributed by atoms with Gasteiger partial charge in [-0.2, -0.15) is 0 Å². The number of pyridine rings is 1. The lowest BCUT2D eigenvalue weighted by Crippen LogP contribution is -2.13. The molecule has 0 aliphatic carbocycles. The Morgan fingerprint density at radius 1 is 1.50 bits per heavy atom. The molecule has 0 aromatic carbocycles. The van der Waals surface area contributed by atoms with Crippen LogP contribution in [0.5, 0.6) is 0 Å². The molecule has 2 N–H and O–H groups in total. The SMILES string of the molecule is CCCc1nc2cc(Cl)cnc2n1CCN. The Kier molecular flexibility index (Phi) is 3.41. The number of aromatic nitrogens is 3. The van der Waals surface area contributed by atoms with Gasteiger partial charge >= 0.3 is 0 Å². The van der Waals surface area contributed by atoms with Crippen molar-refractivity contribution in [2.24, 2.45) is 5.73 Å². The van der Waals surface area contributed by atoms with Crippen LogP contribution >= 0.6 is 11.6 Å². The minimum atomic E-state index is 0.590. The van der Waals surface area contributed by atoms with Crippen molar-refractivity contribution < 1.29 is 0 Å². The van der Waals surface area contributed by atoms with E-state index in [1.54, 1.807) is 6.20 Å². The third-order valence-electron chi connectivity index (χ3n) is 2.46. The van der Waals surface area contributed by atoms with E-state index in [0.29, 0.717) is 11.6 Å². The number of hydrogen-bond donors (Lipinski definition) is 1. The van der Waals surface area contributed by atoms with Crippen molar-refractivity contribution >= 4 is 22.8 Å². The second-order valence-corrected chi connectivity index (χ2v) is 4.15. The van der Waals surface area contributed by atoms with Gasteiger partial charge in [-0.3, -0.25) is 0 Å². The second kappa shape index (κ2) is 4.80. The highest BCUT2D eigenvalue weighted by Crippen LogP contribution is 2.18. The maximum absolute atomic E-state index is 5.90. The van der Waals surface area contributed by atoms with Crippen LogP contribution in [0, 0.1) is 0 Å². The van der Waals surface area contributed by atoms with Crippen molar-refractivity contribution in [3.8, 4) is 0 Å². The third-order valence-corrected chi connectivity index (χ3v) is 2.66. The topological polar surface area (TPSA) is 56.7 Å². The van der Waals surface area contributed by atoms with E-state index in [2.05, 4.69) is 21.5 Å². The van der Waals surface area contributed by atoms with Gasteiger partial charge in [-0.1, -0.05) is 18.5 Å². The number of imidazole rings is 1. The number of aryl methyl sites for hydroxylation is 1. The van der Waals surface area contributed by atoms with Gasteiger partial charge in [0.05, 0.1) is 5.02 Å². The summed E-state index contributed by atoms with van der Waals surface area (Å²) in [6.45, 7) is 3.47. The van der Waals surface area contributed by atoms with Crippen LogP contribution in [0.1, 0.15) is 19.2 Å². The van der Waals surface area contributed by atoms with E-state index in [9.17, 15) is 0 Å². The smallest absolute Gasteiger partial charge is 0.160 e. The van der Waals surface area contributed by atoms with Crippen molar-refractivity contribution in [1.82, 2.24) is 14.5 Å². The molecule has 0 atom stereocenters. The molecule has 0 spiro atoms. The fraction of sp³-hybridized carbons (Fsp3) is 0.455. The molecule has 0 aliphatic rings. The lowest BCUT2D eigenvalue weighted by atomic mass is 10.3. The average Bonchev–Trinajstić information content (AvgIpc) is 2.57. The molecule has 0 bridgehead atoms. The Bertz CT molecular complexity index is 492. The second-order valence-electron chi connectivity index (χ2n) is 3.71. The first-order chi connectivity index (χ1) is 7.76. The summed E-state index contributed by atoms with van der Waals surface area (Å²) in [6.07, 6.45) is 3.64. The fourth-order valence-corrected chi connectivity index (χ4v) is 1.96. The summed E-state index contributed by atoms with van der Waals surface area (Å²) in [4.78, 5) is 8.86. The van der Waals surface area contributed by atoms with E-state index in [-0.39, 0.29) is 0 Å². The maximum Gasteiger partial charge on any atom is 0.160 e. The van der Waals surface area contributed by atoms with Crippen LogP contribution in [-0.2, 0) is 13.0 Å². The largest absolute Gasteiger partial charge is 0.329 e. The highest BCUT2D eigenvalue weighted by atomic mass is 35.5. The van der Waals surface area contributed by atoms with Gasteiger partial charge in [0.25, 0.3) is 0 Å². The summed E-state index contributed by atoms with van der Waals surface area (Å²) in [5, 5.41) is 0.618. The summed E-state index contributed by atoms with van der Waals surface area (Å²) in [5.74, 6) is 1.04. The highest BCUT2D eigenvalue weighted by molar-refractivity contribution is 6.31. The van der Waals surface area contributed by atoms with Crippen molar-refractivity contribution in [1.29, 1.82) is 0 Å². The van der Waals surface area contributed by atoms with Crippen molar-refractivity contribution in [3.05, 3.63) is 23.1 Å². The molecule has 2 heterocycles. The molecular weight excluding hydrogens is 224 g/mol. The van der Waals surface area contributed by atoms with Crippen LogP contribution in [0.4, 0.5) is 0 Å². The Labute approximate surface area is 99.4 Å². The zero-order valence-electron chi connectivity index (χ0n) is 9.28. The Morgan fingerprint density at radius 3 is 3.00 bits per heavy atom. The molecule has 0 amide bonds. The van der Waals surface area contributed by atoms with E-state index in [0.717, 1.165) is 36.4 Å². The Hall–Kier alpha value is -1.13. The molecule has 0 fully saturated rings. The summed E-state index contributed by atoms with van der Waals surface area (Å²) < 4.78 is 2.08. The molecule has 5 heteroatoms. The lowest BCUT2D eigenvalue weighted by Gasteiger charge is -2.05. The molecule has 0 unspecified atom stereocenters. The van der Waals surface area contributed by atoms with E-state index >= 15 is 0 Å². The standard InChI is InChI=1S/C11H15ClN4/c1-2-3-10-15-9-6-8(12)7-14-11(9)16(10)5-4-13/h6-7H,2-5,13H2,1H3. The number of nitrogens with zero attached hydrogens (tertiary/aromatic N) is 3. The van der Waals surface area contributed by atoms with E-state index < -0.39 is 0 Å². The van der Waals surface area contributed by atoms with E-state index in [1.165, 1.54) is 0 Å². The first-order valence-corrected chi connectivity index (χ1v) is 5.84. The van der Waals surface area contributed by atoms with Crippen molar-refractivity contribution in [2.75, 3.05) is 6.54 Å². The van der Waals surface area contributed by atoms with E-state index in [4.69, 9.17) is 17.3 Å². The average molecular weight is 239 g/mol. The fourth-order valence-electron chi connectivity index (χ4n) is 1.81. The van der Waals surface area contributed by atoms with Crippen LogP contribution in [-0.4, -0.2) is 21.1 Å². The summed E-state index contributed by atoms with van der Waals surface area (Å²) >= 11 is 5.90. The first-order valence-electron chi connectivity index (χ1n) is 5.47. The Morgan fingerprint density at radius 2 is 2.31 bits per heavy atom. The van der Waals surface area contributed by atoms with Gasteiger partial charge in [0.1, 0.15) is 11.3 Å². The van der Waals surface area contributed by atoms with E-state index in [1.807, 2.05) is 6.07 Å². The molecule has 2 rings (SSSR count). The molecule has 0 aliphatic heterocycles. The van der Waals surface area contributed by atoms with Crippen LogP contribution in [0.25, 0.3) is 11.2 Å². The number of halogens is 1. The monoisotopic (exact) mass is 238 g/mol. The van der Waals surface area contributed by atoms with Gasteiger partial charge in [0.2, 0.25) is 0 Å². The molecule has 16 heavy (non-hydrogen) atoms. The molecular formula is C11H15ClN4. The minimum absolute atomic E-state index is 0.590. The summed E-state index contributed by atoms with van der Waals surface area (Å²) in [5.41, 5.74) is 7.33.